The highest BCUT2D eigenvalue weighted by atomic mass is 19.4. The molecular weight excluding hydrogens is 215 g/mol. The summed E-state index contributed by atoms with van der Waals surface area (Å²) in [5.41, 5.74) is 2.22. The van der Waals surface area contributed by atoms with Crippen molar-refractivity contribution in [2.24, 2.45) is 0 Å². The number of halogens is 3. The van der Waals surface area contributed by atoms with E-state index in [0.29, 0.717) is 5.56 Å². The zero-order valence-corrected chi connectivity index (χ0v) is 9.65. The molecular formula is C12H16F3N. The number of hydrogen-bond acceptors (Lipinski definition) is 1. The Hall–Kier alpha value is -1.03. The molecule has 0 saturated carbocycles. The molecule has 0 aliphatic rings. The minimum Gasteiger partial charge on any atom is -0.319 e. The van der Waals surface area contributed by atoms with Crippen molar-refractivity contribution in [3.63, 3.8) is 0 Å². The van der Waals surface area contributed by atoms with Gasteiger partial charge in [-0.25, -0.2) is 0 Å². The molecule has 1 unspecified atom stereocenters. The quantitative estimate of drug-likeness (QED) is 0.842. The van der Waals surface area contributed by atoms with Gasteiger partial charge in [0.1, 0.15) is 0 Å². The Morgan fingerprint density at radius 3 is 2.25 bits per heavy atom. The Kier molecular flexibility index (Phi) is 3.97. The summed E-state index contributed by atoms with van der Waals surface area (Å²) in [7, 11) is 1.53. The van der Waals surface area contributed by atoms with Crippen LogP contribution in [0.1, 0.15) is 22.6 Å². The molecule has 1 N–H and O–H groups in total. The van der Waals surface area contributed by atoms with Gasteiger partial charge in [-0.1, -0.05) is 18.2 Å². The topological polar surface area (TPSA) is 12.0 Å². The minimum atomic E-state index is -4.20. The Morgan fingerprint density at radius 2 is 1.81 bits per heavy atom. The molecule has 1 atom stereocenters. The third-order valence-corrected chi connectivity index (χ3v) is 2.74. The summed E-state index contributed by atoms with van der Waals surface area (Å²) in [6.45, 7) is 3.62. The van der Waals surface area contributed by atoms with E-state index in [2.05, 4.69) is 5.32 Å². The summed E-state index contributed by atoms with van der Waals surface area (Å²) < 4.78 is 38.4. The van der Waals surface area contributed by atoms with Gasteiger partial charge in [0, 0.05) is 6.54 Å². The van der Waals surface area contributed by atoms with Crippen molar-refractivity contribution >= 4 is 0 Å². The maximum Gasteiger partial charge on any atom is 0.396 e. The van der Waals surface area contributed by atoms with Crippen LogP contribution in [0, 0.1) is 13.8 Å². The molecule has 4 heteroatoms. The first-order chi connectivity index (χ1) is 7.36. The molecule has 1 rings (SSSR count). The van der Waals surface area contributed by atoms with Crippen LogP contribution < -0.4 is 5.32 Å². The summed E-state index contributed by atoms with van der Waals surface area (Å²) in [6.07, 6.45) is -4.20. The standard InChI is InChI=1S/C12H16F3N/c1-8-4-5-10(6-9(8)2)11(7-16-3)12(13,14)15/h4-6,11,16H,7H2,1-3H3. The van der Waals surface area contributed by atoms with Crippen molar-refractivity contribution in [2.45, 2.75) is 25.9 Å². The molecule has 1 aromatic rings. The van der Waals surface area contributed by atoms with Gasteiger partial charge in [-0.15, -0.1) is 0 Å². The lowest BCUT2D eigenvalue weighted by molar-refractivity contribution is -0.149. The minimum absolute atomic E-state index is 0.0913. The molecule has 0 spiro atoms. The molecule has 0 heterocycles. The van der Waals surface area contributed by atoms with Crippen molar-refractivity contribution in [1.29, 1.82) is 0 Å². The van der Waals surface area contributed by atoms with Crippen molar-refractivity contribution in [3.05, 3.63) is 34.9 Å². The molecule has 0 fully saturated rings. The van der Waals surface area contributed by atoms with Crippen LogP contribution in [-0.4, -0.2) is 19.8 Å². The predicted molar refractivity (Wildman–Crippen MR) is 58.6 cm³/mol. The Labute approximate surface area is 93.7 Å². The number of aryl methyl sites for hydroxylation is 2. The van der Waals surface area contributed by atoms with Crippen LogP contribution in [0.5, 0.6) is 0 Å². The zero-order chi connectivity index (χ0) is 12.3. The fourth-order valence-electron chi connectivity index (χ4n) is 1.61. The van der Waals surface area contributed by atoms with E-state index in [0.717, 1.165) is 11.1 Å². The molecule has 0 saturated heterocycles. The second-order valence-electron chi connectivity index (χ2n) is 4.00. The first-order valence-corrected chi connectivity index (χ1v) is 5.14. The molecule has 90 valence electrons. The van der Waals surface area contributed by atoms with Gasteiger partial charge < -0.3 is 5.32 Å². The number of likely N-dealkylation sites (N-methyl/N-ethyl adjacent to an activating group) is 1. The third-order valence-electron chi connectivity index (χ3n) is 2.74. The maximum absolute atomic E-state index is 12.8. The zero-order valence-electron chi connectivity index (χ0n) is 9.65. The lowest BCUT2D eigenvalue weighted by Gasteiger charge is -2.21. The predicted octanol–water partition coefficient (Wildman–Crippen LogP) is 3.17. The molecule has 1 aromatic carbocycles. The molecule has 0 aromatic heterocycles. The molecule has 1 nitrogen and oxygen atoms in total. The summed E-state index contributed by atoms with van der Waals surface area (Å²) in [6, 6.07) is 4.90. The second kappa shape index (κ2) is 4.87. The van der Waals surface area contributed by atoms with Crippen LogP contribution in [-0.2, 0) is 0 Å². The van der Waals surface area contributed by atoms with Crippen LogP contribution in [0.2, 0.25) is 0 Å². The normalized spacial score (nSPS) is 13.9. The third kappa shape index (κ3) is 2.98. The van der Waals surface area contributed by atoms with Gasteiger partial charge in [0.25, 0.3) is 0 Å². The molecule has 0 amide bonds. The number of rotatable bonds is 3. The van der Waals surface area contributed by atoms with Crippen LogP contribution in [0.15, 0.2) is 18.2 Å². The van der Waals surface area contributed by atoms with Crippen LogP contribution in [0.3, 0.4) is 0 Å². The Bertz CT molecular complexity index is 358. The lowest BCUT2D eigenvalue weighted by atomic mass is 9.95. The monoisotopic (exact) mass is 231 g/mol. The first kappa shape index (κ1) is 13.0. The van der Waals surface area contributed by atoms with Gasteiger partial charge in [-0.3, -0.25) is 0 Å². The van der Waals surface area contributed by atoms with Crippen molar-refractivity contribution in [1.82, 2.24) is 5.32 Å². The fourth-order valence-corrected chi connectivity index (χ4v) is 1.61. The van der Waals surface area contributed by atoms with Crippen LogP contribution >= 0.6 is 0 Å². The average Bonchev–Trinajstić information content (AvgIpc) is 2.17. The van der Waals surface area contributed by atoms with E-state index in [9.17, 15) is 13.2 Å². The summed E-state index contributed by atoms with van der Waals surface area (Å²) in [5.74, 6) is -1.43. The number of nitrogens with one attached hydrogen (secondary N) is 1. The Morgan fingerprint density at radius 1 is 1.19 bits per heavy atom. The molecule has 0 radical (unpaired) electrons. The number of alkyl halides is 3. The maximum atomic E-state index is 12.8. The van der Waals surface area contributed by atoms with E-state index in [1.165, 1.54) is 7.05 Å². The largest absolute Gasteiger partial charge is 0.396 e. The molecule has 0 bridgehead atoms. The van der Waals surface area contributed by atoms with Crippen molar-refractivity contribution < 1.29 is 13.2 Å². The van der Waals surface area contributed by atoms with Gasteiger partial charge in [-0.2, -0.15) is 13.2 Å². The Balaban J connectivity index is 3.06. The smallest absolute Gasteiger partial charge is 0.319 e. The fraction of sp³-hybridized carbons (Fsp3) is 0.500. The van der Waals surface area contributed by atoms with E-state index in [1.54, 1.807) is 18.2 Å². The van der Waals surface area contributed by atoms with E-state index in [4.69, 9.17) is 0 Å². The van der Waals surface area contributed by atoms with Crippen molar-refractivity contribution in [2.75, 3.05) is 13.6 Å². The summed E-state index contributed by atoms with van der Waals surface area (Å²) >= 11 is 0. The summed E-state index contributed by atoms with van der Waals surface area (Å²) in [4.78, 5) is 0. The number of hydrogen-bond donors (Lipinski definition) is 1. The highest BCUT2D eigenvalue weighted by Gasteiger charge is 2.40. The van der Waals surface area contributed by atoms with Gasteiger partial charge >= 0.3 is 6.18 Å². The van der Waals surface area contributed by atoms with E-state index < -0.39 is 12.1 Å². The average molecular weight is 231 g/mol. The van der Waals surface area contributed by atoms with Gasteiger partial charge in [0.05, 0.1) is 5.92 Å². The van der Waals surface area contributed by atoms with Crippen LogP contribution in [0.25, 0.3) is 0 Å². The van der Waals surface area contributed by atoms with Gasteiger partial charge in [0.2, 0.25) is 0 Å². The highest BCUT2D eigenvalue weighted by molar-refractivity contribution is 5.32. The van der Waals surface area contributed by atoms with Crippen molar-refractivity contribution in [3.8, 4) is 0 Å². The molecule has 16 heavy (non-hydrogen) atoms. The second-order valence-corrected chi connectivity index (χ2v) is 4.00. The summed E-state index contributed by atoms with van der Waals surface area (Å²) in [5, 5.41) is 2.59. The SMILES string of the molecule is CNCC(c1ccc(C)c(C)c1)C(F)(F)F. The number of benzene rings is 1. The van der Waals surface area contributed by atoms with E-state index >= 15 is 0 Å². The van der Waals surface area contributed by atoms with E-state index in [1.807, 2.05) is 13.8 Å². The first-order valence-electron chi connectivity index (χ1n) is 5.14. The highest BCUT2D eigenvalue weighted by Crippen LogP contribution is 2.34. The van der Waals surface area contributed by atoms with Gasteiger partial charge in [0.15, 0.2) is 0 Å². The van der Waals surface area contributed by atoms with Gasteiger partial charge in [-0.05, 0) is 37.6 Å². The van der Waals surface area contributed by atoms with Crippen LogP contribution in [0.4, 0.5) is 13.2 Å². The molecule has 0 aliphatic heterocycles. The van der Waals surface area contributed by atoms with E-state index in [-0.39, 0.29) is 6.54 Å². The lowest BCUT2D eigenvalue weighted by Crippen LogP contribution is -2.30. The molecule has 0 aliphatic carbocycles.